The summed E-state index contributed by atoms with van der Waals surface area (Å²) in [6.07, 6.45) is 4.67. The summed E-state index contributed by atoms with van der Waals surface area (Å²) in [6, 6.07) is 58.4. The summed E-state index contributed by atoms with van der Waals surface area (Å²) >= 11 is 0. The molecule has 8 aromatic carbocycles. The first-order valence-corrected chi connectivity index (χ1v) is 30.5. The van der Waals surface area contributed by atoms with Crippen molar-refractivity contribution in [2.24, 2.45) is 0 Å². The average Bonchev–Trinajstić information content (AvgIpc) is 3.96. The SMILES string of the molecule is Cc1cc2c3c(c1)N(c1cc4c(cc1C)C(C)(C)CCC4(C)C)c1c(ccc4c1-c1ccccc1C4(C)C)B3N(c1ccc3c(c1)C(C)(C)CCC3(C)C)c1cc(N(c3ccc(C(C)(C)C)cc3)c3ccc(C(C)(C)C)cc3)ccc1-2. The number of aryl methyl sites for hydroxylation is 2. The van der Waals surface area contributed by atoms with Crippen LogP contribution in [-0.2, 0) is 37.9 Å². The minimum absolute atomic E-state index is 0.0143. The fraction of sp³-hybridized carbons (Fsp3) is 0.377. The summed E-state index contributed by atoms with van der Waals surface area (Å²) in [5.41, 5.74) is 31.9. The van der Waals surface area contributed by atoms with E-state index in [9.17, 15) is 0 Å². The molecular formula is C77H86BN3. The van der Waals surface area contributed by atoms with Gasteiger partial charge in [0.15, 0.2) is 0 Å². The van der Waals surface area contributed by atoms with Crippen molar-refractivity contribution in [3.63, 3.8) is 0 Å². The van der Waals surface area contributed by atoms with Crippen molar-refractivity contribution >= 4 is 63.3 Å². The highest BCUT2D eigenvalue weighted by Gasteiger charge is 2.50. The van der Waals surface area contributed by atoms with Gasteiger partial charge in [0.2, 0.25) is 0 Å². The van der Waals surface area contributed by atoms with Gasteiger partial charge in [0, 0.05) is 56.4 Å². The highest BCUT2D eigenvalue weighted by molar-refractivity contribution is 6.93. The topological polar surface area (TPSA) is 9.72 Å². The van der Waals surface area contributed by atoms with Gasteiger partial charge in [-0.1, -0.05) is 196 Å². The molecule has 13 rings (SSSR count). The third-order valence-electron chi connectivity index (χ3n) is 20.6. The molecule has 3 aliphatic carbocycles. The van der Waals surface area contributed by atoms with E-state index in [2.05, 4.69) is 285 Å². The summed E-state index contributed by atoms with van der Waals surface area (Å²) in [5, 5.41) is 0. The quantitative estimate of drug-likeness (QED) is 0.159. The van der Waals surface area contributed by atoms with Crippen LogP contribution in [-0.4, -0.2) is 6.85 Å². The van der Waals surface area contributed by atoms with E-state index in [1.165, 1.54) is 130 Å². The number of hydrogen-bond acceptors (Lipinski definition) is 3. The van der Waals surface area contributed by atoms with Crippen LogP contribution in [0, 0.1) is 13.8 Å². The fourth-order valence-corrected chi connectivity index (χ4v) is 15.4. The minimum atomic E-state index is -0.189. The van der Waals surface area contributed by atoms with Gasteiger partial charge in [-0.05, 0) is 210 Å². The normalized spacial score (nSPS) is 18.2. The van der Waals surface area contributed by atoms with Crippen LogP contribution in [0.3, 0.4) is 0 Å². The first kappa shape index (κ1) is 53.5. The van der Waals surface area contributed by atoms with E-state index in [1.54, 1.807) is 0 Å². The third kappa shape index (κ3) is 8.17. The smallest absolute Gasteiger partial charge is 0.333 e. The van der Waals surface area contributed by atoms with Crippen molar-refractivity contribution < 1.29 is 0 Å². The molecular weight excluding hydrogens is 978 g/mol. The van der Waals surface area contributed by atoms with Crippen LogP contribution in [0.1, 0.15) is 192 Å². The Labute approximate surface area is 487 Å². The van der Waals surface area contributed by atoms with Crippen molar-refractivity contribution in [1.82, 2.24) is 0 Å². The molecule has 0 saturated heterocycles. The van der Waals surface area contributed by atoms with Gasteiger partial charge in [-0.15, -0.1) is 0 Å². The zero-order valence-corrected chi connectivity index (χ0v) is 52.1. The van der Waals surface area contributed by atoms with E-state index in [0.29, 0.717) is 0 Å². The Morgan fingerprint density at radius 1 is 0.432 bits per heavy atom. The number of anilines is 8. The second kappa shape index (κ2) is 17.6. The zero-order chi connectivity index (χ0) is 57.5. The maximum atomic E-state index is 2.79. The van der Waals surface area contributed by atoms with Gasteiger partial charge in [0.05, 0.1) is 5.69 Å². The van der Waals surface area contributed by atoms with Gasteiger partial charge < -0.3 is 14.6 Å². The summed E-state index contributed by atoms with van der Waals surface area (Å²) in [5.74, 6) is 0. The molecule has 0 unspecified atom stereocenters. The van der Waals surface area contributed by atoms with E-state index < -0.39 is 0 Å². The first-order valence-electron chi connectivity index (χ1n) is 30.5. The van der Waals surface area contributed by atoms with E-state index in [1.807, 2.05) is 0 Å². The van der Waals surface area contributed by atoms with Crippen LogP contribution >= 0.6 is 0 Å². The highest BCUT2D eigenvalue weighted by Crippen LogP contribution is 2.59. The monoisotopic (exact) mass is 1060 g/mol. The number of fused-ring (bicyclic) bond motifs is 10. The molecule has 4 heteroatoms. The Morgan fingerprint density at radius 2 is 0.963 bits per heavy atom. The lowest BCUT2D eigenvalue weighted by molar-refractivity contribution is 0.332. The van der Waals surface area contributed by atoms with E-state index in [0.717, 1.165) is 29.9 Å². The molecule has 2 aliphatic heterocycles. The Hall–Kier alpha value is -6.78. The first-order chi connectivity index (χ1) is 38.0. The molecule has 0 bridgehead atoms. The maximum absolute atomic E-state index is 2.79. The molecule has 2 heterocycles. The van der Waals surface area contributed by atoms with E-state index in [4.69, 9.17) is 0 Å². The summed E-state index contributed by atoms with van der Waals surface area (Å²) in [6.45, 7) is 43.1. The molecule has 0 spiro atoms. The maximum Gasteiger partial charge on any atom is 0.333 e. The zero-order valence-electron chi connectivity index (χ0n) is 52.1. The van der Waals surface area contributed by atoms with E-state index in [-0.39, 0.29) is 44.8 Å². The third-order valence-corrected chi connectivity index (χ3v) is 20.6. The molecule has 0 radical (unpaired) electrons. The number of benzene rings is 8. The minimum Gasteiger partial charge on any atom is -0.376 e. The van der Waals surface area contributed by atoms with Crippen molar-refractivity contribution in [1.29, 1.82) is 0 Å². The van der Waals surface area contributed by atoms with Gasteiger partial charge in [-0.2, -0.15) is 0 Å². The fourth-order valence-electron chi connectivity index (χ4n) is 15.4. The average molecular weight is 1060 g/mol. The molecule has 0 fully saturated rings. The van der Waals surface area contributed by atoms with Crippen molar-refractivity contribution in [3.8, 4) is 22.3 Å². The lowest BCUT2D eigenvalue weighted by atomic mass is 9.43. The van der Waals surface area contributed by atoms with E-state index >= 15 is 0 Å². The molecule has 0 aromatic heterocycles. The van der Waals surface area contributed by atoms with Gasteiger partial charge >= 0.3 is 6.85 Å². The Kier molecular flexibility index (Phi) is 11.6. The van der Waals surface area contributed by atoms with Crippen molar-refractivity contribution in [2.45, 2.75) is 188 Å². The van der Waals surface area contributed by atoms with Crippen LogP contribution in [0.25, 0.3) is 22.3 Å². The predicted octanol–water partition coefficient (Wildman–Crippen LogP) is 20.1. The van der Waals surface area contributed by atoms with Gasteiger partial charge in [0.25, 0.3) is 0 Å². The number of rotatable bonds is 5. The Morgan fingerprint density at radius 3 is 1.56 bits per heavy atom. The summed E-state index contributed by atoms with van der Waals surface area (Å²) < 4.78 is 0. The van der Waals surface area contributed by atoms with Gasteiger partial charge in [0.1, 0.15) is 0 Å². The Balaban J connectivity index is 1.14. The molecule has 8 aromatic rings. The van der Waals surface area contributed by atoms with Gasteiger partial charge in [-0.25, -0.2) is 0 Å². The molecule has 412 valence electrons. The number of nitrogens with zero attached hydrogens (tertiary/aromatic N) is 3. The van der Waals surface area contributed by atoms with Gasteiger partial charge in [-0.3, -0.25) is 0 Å². The second-order valence-corrected chi connectivity index (χ2v) is 30.5. The standard InChI is InChI=1S/C77H86BN3/c1-47-41-57-55-33-31-53(79(51-27-23-49(24-28-51)71(3,4)5)52-29-25-50(26-30-52)72(6,7)8)45-66(55)81(54-32-34-59-62(44-54)75(13,14)38-37-73(59,9)10)78-64-36-35-60-68(56-21-19-20-22-58(56)77(60,17)18)70(64)80(67(42-47)69(57)78)65-46-63-61(43-48(65)2)74(11,12)39-40-76(63,15)16/h19-36,41-46H,37-40H2,1-18H3. The molecule has 0 N–H and O–H groups in total. The summed E-state index contributed by atoms with van der Waals surface area (Å²) in [7, 11) is 0. The molecule has 3 nitrogen and oxygen atoms in total. The molecule has 81 heavy (non-hydrogen) atoms. The van der Waals surface area contributed by atoms with Crippen molar-refractivity contribution in [3.05, 3.63) is 201 Å². The Bertz CT molecular complexity index is 3850. The van der Waals surface area contributed by atoms with Crippen LogP contribution < -0.4 is 25.5 Å². The molecule has 5 aliphatic rings. The molecule has 0 amide bonds. The molecule has 0 atom stereocenters. The van der Waals surface area contributed by atoms with Crippen molar-refractivity contribution in [2.75, 3.05) is 14.6 Å². The second-order valence-electron chi connectivity index (χ2n) is 30.5. The predicted molar refractivity (Wildman–Crippen MR) is 350 cm³/mol. The highest BCUT2D eigenvalue weighted by atomic mass is 15.2. The van der Waals surface area contributed by atoms with Crippen LogP contribution in [0.4, 0.5) is 45.5 Å². The lowest BCUT2D eigenvalue weighted by Gasteiger charge is -2.48. The number of hydrogen-bond donors (Lipinski definition) is 0. The summed E-state index contributed by atoms with van der Waals surface area (Å²) in [4.78, 5) is 8.06. The van der Waals surface area contributed by atoms with Crippen LogP contribution in [0.5, 0.6) is 0 Å². The lowest BCUT2D eigenvalue weighted by Crippen LogP contribution is -2.62. The molecule has 0 saturated carbocycles. The largest absolute Gasteiger partial charge is 0.376 e. The van der Waals surface area contributed by atoms with Crippen LogP contribution in [0.15, 0.2) is 146 Å². The van der Waals surface area contributed by atoms with Crippen LogP contribution in [0.2, 0.25) is 0 Å².